The molecule has 0 aliphatic carbocycles. The number of hydrogen-bond acceptors (Lipinski definition) is 3. The van der Waals surface area contributed by atoms with Gasteiger partial charge in [-0.1, -0.05) is 0 Å². The quantitative estimate of drug-likeness (QED) is 0.775. The van der Waals surface area contributed by atoms with Gasteiger partial charge in [-0.25, -0.2) is 0 Å². The number of piperidine rings is 1. The molecule has 0 spiro atoms. The Morgan fingerprint density at radius 1 is 1.44 bits per heavy atom. The van der Waals surface area contributed by atoms with Crippen molar-refractivity contribution in [1.82, 2.24) is 4.90 Å². The molecule has 0 aromatic carbocycles. The maximum absolute atomic E-state index is 12.0. The van der Waals surface area contributed by atoms with E-state index < -0.39 is 17.5 Å². The van der Waals surface area contributed by atoms with Crippen LogP contribution < -0.4 is 0 Å². The Kier molecular flexibility index (Phi) is 3.91. The second kappa shape index (κ2) is 4.82. The zero-order valence-corrected chi connectivity index (χ0v) is 10.0. The van der Waals surface area contributed by atoms with Crippen molar-refractivity contribution in [1.29, 1.82) is 0 Å². The Morgan fingerprint density at radius 3 is 2.56 bits per heavy atom. The number of carbonyl (C=O) groups excluding carboxylic acids is 1. The van der Waals surface area contributed by atoms with Crippen molar-refractivity contribution in [3.05, 3.63) is 0 Å². The molecule has 0 saturated carbocycles. The van der Waals surface area contributed by atoms with E-state index in [-0.39, 0.29) is 5.91 Å². The molecule has 5 heteroatoms. The number of rotatable bonds is 3. The second-order valence-electron chi connectivity index (χ2n) is 4.64. The van der Waals surface area contributed by atoms with Crippen LogP contribution in [0, 0.1) is 5.92 Å². The normalized spacial score (nSPS) is 21.9. The van der Waals surface area contributed by atoms with E-state index >= 15 is 0 Å². The van der Waals surface area contributed by atoms with E-state index in [2.05, 4.69) is 0 Å². The molecule has 16 heavy (non-hydrogen) atoms. The molecule has 0 aromatic heterocycles. The number of nitrogens with zero attached hydrogens (tertiary/aromatic N) is 1. The summed E-state index contributed by atoms with van der Waals surface area (Å²) in [6.07, 6.45) is 1.38. The van der Waals surface area contributed by atoms with Gasteiger partial charge in [0.05, 0.1) is 5.92 Å². The molecule has 1 rings (SSSR count). The van der Waals surface area contributed by atoms with Crippen LogP contribution >= 0.6 is 0 Å². The maximum atomic E-state index is 12.0. The highest BCUT2D eigenvalue weighted by Gasteiger charge is 2.35. The topological polar surface area (TPSA) is 66.8 Å². The summed E-state index contributed by atoms with van der Waals surface area (Å²) in [4.78, 5) is 24.5. The lowest BCUT2D eigenvalue weighted by Gasteiger charge is -2.35. The smallest absolute Gasteiger partial charge is 0.308 e. The molecule has 0 radical (unpaired) electrons. The van der Waals surface area contributed by atoms with Gasteiger partial charge in [-0.2, -0.15) is 0 Å². The van der Waals surface area contributed by atoms with Gasteiger partial charge in [-0.3, -0.25) is 9.59 Å². The summed E-state index contributed by atoms with van der Waals surface area (Å²) in [7, 11) is 1.48. The summed E-state index contributed by atoms with van der Waals surface area (Å²) >= 11 is 0. The van der Waals surface area contributed by atoms with Gasteiger partial charge in [0.2, 0.25) is 0 Å². The van der Waals surface area contributed by atoms with E-state index in [0.717, 1.165) is 6.42 Å². The first-order valence-electron chi connectivity index (χ1n) is 5.46. The van der Waals surface area contributed by atoms with Crippen LogP contribution in [0.25, 0.3) is 0 Å². The average Bonchev–Trinajstić information content (AvgIpc) is 2.28. The highest BCUT2D eigenvalue weighted by Crippen LogP contribution is 2.21. The van der Waals surface area contributed by atoms with E-state index in [0.29, 0.717) is 19.5 Å². The highest BCUT2D eigenvalue weighted by atomic mass is 16.5. The monoisotopic (exact) mass is 229 g/mol. The largest absolute Gasteiger partial charge is 0.481 e. The fraction of sp³-hybridized carbons (Fsp3) is 0.818. The lowest BCUT2D eigenvalue weighted by Crippen LogP contribution is -2.51. The minimum absolute atomic E-state index is 0.138. The summed E-state index contributed by atoms with van der Waals surface area (Å²) in [5, 5.41) is 8.93. The fourth-order valence-electron chi connectivity index (χ4n) is 1.83. The predicted octanol–water partition coefficient (Wildman–Crippen LogP) is 0.735. The molecule has 1 aliphatic heterocycles. The van der Waals surface area contributed by atoms with Crippen LogP contribution in [0.5, 0.6) is 0 Å². The number of carbonyl (C=O) groups is 2. The van der Waals surface area contributed by atoms with E-state index in [1.807, 2.05) is 0 Å². The first-order valence-corrected chi connectivity index (χ1v) is 5.46. The Morgan fingerprint density at radius 2 is 2.06 bits per heavy atom. The molecule has 0 aromatic rings. The minimum atomic E-state index is -0.875. The third-order valence-corrected chi connectivity index (χ3v) is 3.08. The summed E-state index contributed by atoms with van der Waals surface area (Å²) in [6.45, 7) is 4.30. The third kappa shape index (κ3) is 2.72. The van der Waals surface area contributed by atoms with Crippen LogP contribution in [0.15, 0.2) is 0 Å². The summed E-state index contributed by atoms with van der Waals surface area (Å²) < 4.78 is 5.11. The average molecular weight is 229 g/mol. The maximum Gasteiger partial charge on any atom is 0.308 e. The van der Waals surface area contributed by atoms with Crippen molar-refractivity contribution in [3.8, 4) is 0 Å². The van der Waals surface area contributed by atoms with Crippen molar-refractivity contribution in [3.63, 3.8) is 0 Å². The number of hydrogen-bond donors (Lipinski definition) is 1. The lowest BCUT2D eigenvalue weighted by molar-refractivity contribution is -0.155. The van der Waals surface area contributed by atoms with Crippen LogP contribution in [0.4, 0.5) is 0 Å². The zero-order chi connectivity index (χ0) is 12.3. The summed E-state index contributed by atoms with van der Waals surface area (Å²) in [5.41, 5.74) is -0.875. The predicted molar refractivity (Wildman–Crippen MR) is 58.0 cm³/mol. The molecular formula is C11H19NO4. The molecule has 1 fully saturated rings. The number of carboxylic acid groups (broad SMARTS) is 1. The molecule has 1 heterocycles. The number of amides is 1. The second-order valence-corrected chi connectivity index (χ2v) is 4.64. The van der Waals surface area contributed by atoms with Gasteiger partial charge < -0.3 is 14.7 Å². The van der Waals surface area contributed by atoms with E-state index in [1.165, 1.54) is 7.11 Å². The summed E-state index contributed by atoms with van der Waals surface area (Å²) in [5.74, 6) is -1.40. The van der Waals surface area contributed by atoms with E-state index in [1.54, 1.807) is 18.7 Å². The van der Waals surface area contributed by atoms with Crippen molar-refractivity contribution < 1.29 is 19.4 Å². The zero-order valence-electron chi connectivity index (χ0n) is 10.0. The van der Waals surface area contributed by atoms with Gasteiger partial charge in [0.25, 0.3) is 5.91 Å². The molecule has 0 unspecified atom stereocenters. The number of methoxy groups -OCH3 is 1. The van der Waals surface area contributed by atoms with Crippen molar-refractivity contribution in [2.75, 3.05) is 20.2 Å². The van der Waals surface area contributed by atoms with E-state index in [4.69, 9.17) is 9.84 Å². The minimum Gasteiger partial charge on any atom is -0.481 e. The van der Waals surface area contributed by atoms with Gasteiger partial charge in [-0.15, -0.1) is 0 Å². The van der Waals surface area contributed by atoms with Crippen LogP contribution in [0.1, 0.15) is 26.7 Å². The van der Waals surface area contributed by atoms with Gasteiger partial charge in [0.15, 0.2) is 0 Å². The van der Waals surface area contributed by atoms with Crippen LogP contribution in [0.2, 0.25) is 0 Å². The van der Waals surface area contributed by atoms with Crippen molar-refractivity contribution in [2.24, 2.45) is 5.92 Å². The van der Waals surface area contributed by atoms with Gasteiger partial charge >= 0.3 is 5.97 Å². The standard InChI is InChI=1S/C11H19NO4/c1-11(2,16-3)10(15)12-6-4-5-8(7-12)9(13)14/h8H,4-7H2,1-3H3,(H,13,14)/t8-/m1/s1. The molecule has 1 amide bonds. The van der Waals surface area contributed by atoms with Crippen LogP contribution in [-0.2, 0) is 14.3 Å². The summed E-state index contributed by atoms with van der Waals surface area (Å²) in [6, 6.07) is 0. The van der Waals surface area contributed by atoms with Gasteiger partial charge in [-0.05, 0) is 26.7 Å². The molecule has 5 nitrogen and oxygen atoms in total. The molecular weight excluding hydrogens is 210 g/mol. The van der Waals surface area contributed by atoms with Crippen molar-refractivity contribution in [2.45, 2.75) is 32.3 Å². The first kappa shape index (κ1) is 13.0. The molecule has 92 valence electrons. The van der Waals surface area contributed by atoms with Gasteiger partial charge in [0, 0.05) is 20.2 Å². The van der Waals surface area contributed by atoms with Crippen LogP contribution in [-0.4, -0.2) is 47.7 Å². The number of ether oxygens (including phenoxy) is 1. The van der Waals surface area contributed by atoms with Crippen molar-refractivity contribution >= 4 is 11.9 Å². The third-order valence-electron chi connectivity index (χ3n) is 3.08. The lowest BCUT2D eigenvalue weighted by atomic mass is 9.96. The molecule has 1 atom stereocenters. The first-order chi connectivity index (χ1) is 7.38. The Labute approximate surface area is 95.4 Å². The number of aliphatic carboxylic acids is 1. The number of carboxylic acids is 1. The van der Waals surface area contributed by atoms with Crippen LogP contribution in [0.3, 0.4) is 0 Å². The molecule has 1 aliphatic rings. The Hall–Kier alpha value is -1.10. The highest BCUT2D eigenvalue weighted by molar-refractivity contribution is 5.85. The SMILES string of the molecule is COC(C)(C)C(=O)N1CCC[C@@H](C(=O)O)C1. The number of likely N-dealkylation sites (tertiary alicyclic amines) is 1. The Bertz CT molecular complexity index is 288. The molecule has 1 N–H and O–H groups in total. The van der Waals surface area contributed by atoms with Gasteiger partial charge in [0.1, 0.15) is 5.60 Å². The fourth-order valence-corrected chi connectivity index (χ4v) is 1.83. The molecule has 1 saturated heterocycles. The van der Waals surface area contributed by atoms with E-state index in [9.17, 15) is 9.59 Å². The molecule has 0 bridgehead atoms. The Balaban J connectivity index is 2.67.